The maximum atomic E-state index is 11.9. The molecule has 0 spiro atoms. The third-order valence-electron chi connectivity index (χ3n) is 5.04. The van der Waals surface area contributed by atoms with Crippen LogP contribution in [0.25, 0.3) is 11.4 Å². The van der Waals surface area contributed by atoms with Crippen molar-refractivity contribution < 1.29 is 14.3 Å². The number of aromatic nitrogens is 3. The van der Waals surface area contributed by atoms with Crippen LogP contribution in [0.4, 0.5) is 17.3 Å². The van der Waals surface area contributed by atoms with E-state index in [1.165, 1.54) is 7.11 Å². The van der Waals surface area contributed by atoms with Crippen molar-refractivity contribution in [3.05, 3.63) is 40.9 Å². The summed E-state index contributed by atoms with van der Waals surface area (Å²) in [6.45, 7) is 8.43. The second kappa shape index (κ2) is 11.8. The van der Waals surface area contributed by atoms with Gasteiger partial charge in [-0.2, -0.15) is 4.98 Å². The predicted octanol–water partition coefficient (Wildman–Crippen LogP) is 4.49. The number of nitrogens with one attached hydrogen (secondary N) is 3. The first kappa shape index (κ1) is 26.8. The molecule has 0 radical (unpaired) electrons. The highest BCUT2D eigenvalue weighted by molar-refractivity contribution is 6.36. The molecule has 0 atom stereocenters. The Morgan fingerprint density at radius 3 is 2.61 bits per heavy atom. The number of carbonyl (C=O) groups excluding carboxylic acids is 1. The second-order valence-corrected chi connectivity index (χ2v) is 9.29. The number of hydrogen-bond donors (Lipinski definition) is 4. The van der Waals surface area contributed by atoms with E-state index in [0.29, 0.717) is 63.3 Å². The van der Waals surface area contributed by atoms with Crippen molar-refractivity contribution in [1.82, 2.24) is 20.1 Å². The summed E-state index contributed by atoms with van der Waals surface area (Å²) >= 11 is 6.47. The van der Waals surface area contributed by atoms with Crippen molar-refractivity contribution in [3.8, 4) is 22.9 Å². The number of halogens is 1. The van der Waals surface area contributed by atoms with E-state index in [4.69, 9.17) is 37.2 Å². The standard InChI is InChI=1S/C25H32ClN7O3/c1-14(2)12-33-25(30-19-8-7-18(28)17(11-27)23(19)26)31-24(32-33)16-6-9-20(21(10-16)35-5)36-13-22(34)29-15(3)4/h6-11,14-15,27H,12-13,28H2,1-5H3,(H,29,34)(H,30,31,32). The van der Waals surface area contributed by atoms with Crippen molar-refractivity contribution in [2.75, 3.05) is 24.8 Å². The molecule has 3 aromatic rings. The van der Waals surface area contributed by atoms with E-state index in [1.807, 2.05) is 13.8 Å². The number of amides is 1. The monoisotopic (exact) mass is 513 g/mol. The van der Waals surface area contributed by atoms with Gasteiger partial charge < -0.3 is 31.3 Å². The fourth-order valence-corrected chi connectivity index (χ4v) is 3.71. The molecule has 11 heteroatoms. The average molecular weight is 514 g/mol. The quantitative estimate of drug-likeness (QED) is 0.219. The van der Waals surface area contributed by atoms with Gasteiger partial charge in [0.15, 0.2) is 23.9 Å². The van der Waals surface area contributed by atoms with Gasteiger partial charge in [0.2, 0.25) is 5.95 Å². The summed E-state index contributed by atoms with van der Waals surface area (Å²) in [5.41, 5.74) is 8.05. The van der Waals surface area contributed by atoms with Gasteiger partial charge in [-0.1, -0.05) is 25.4 Å². The summed E-state index contributed by atoms with van der Waals surface area (Å²) in [5, 5.41) is 18.6. The summed E-state index contributed by atoms with van der Waals surface area (Å²) in [5.74, 6) is 1.95. The fraction of sp³-hybridized carbons (Fsp3) is 0.360. The van der Waals surface area contributed by atoms with Crippen LogP contribution in [-0.4, -0.2) is 46.6 Å². The first-order valence-electron chi connectivity index (χ1n) is 11.5. The molecule has 0 aliphatic heterocycles. The molecule has 10 nitrogen and oxygen atoms in total. The number of nitrogen functional groups attached to an aromatic ring is 1. The minimum absolute atomic E-state index is 0.0278. The molecular weight excluding hydrogens is 482 g/mol. The lowest BCUT2D eigenvalue weighted by Crippen LogP contribution is -2.34. The molecule has 36 heavy (non-hydrogen) atoms. The number of carbonyl (C=O) groups is 1. The number of anilines is 3. The van der Waals surface area contributed by atoms with Crippen molar-refractivity contribution >= 4 is 41.0 Å². The summed E-state index contributed by atoms with van der Waals surface area (Å²) in [4.78, 5) is 16.6. The molecule has 3 rings (SSSR count). The van der Waals surface area contributed by atoms with Crippen LogP contribution >= 0.6 is 11.6 Å². The van der Waals surface area contributed by atoms with Gasteiger partial charge in [-0.25, -0.2) is 4.68 Å². The Morgan fingerprint density at radius 1 is 1.22 bits per heavy atom. The first-order valence-corrected chi connectivity index (χ1v) is 11.9. The molecule has 1 aromatic heterocycles. The molecule has 2 aromatic carbocycles. The zero-order chi connectivity index (χ0) is 26.4. The smallest absolute Gasteiger partial charge is 0.258 e. The SMILES string of the molecule is COc1cc(-c2nc(Nc3ccc(N)c(C=N)c3Cl)n(CC(C)C)n2)ccc1OCC(=O)NC(C)C. The molecule has 0 saturated carbocycles. The van der Waals surface area contributed by atoms with Crippen molar-refractivity contribution in [3.63, 3.8) is 0 Å². The zero-order valence-corrected chi connectivity index (χ0v) is 21.8. The highest BCUT2D eigenvalue weighted by atomic mass is 35.5. The van der Waals surface area contributed by atoms with Gasteiger partial charge in [0.25, 0.3) is 5.91 Å². The van der Waals surface area contributed by atoms with Crippen LogP contribution in [0.1, 0.15) is 33.3 Å². The molecule has 0 saturated heterocycles. The molecule has 192 valence electrons. The van der Waals surface area contributed by atoms with E-state index in [0.717, 1.165) is 6.21 Å². The molecule has 0 aliphatic carbocycles. The number of ether oxygens (including phenoxy) is 2. The Bertz CT molecular complexity index is 1240. The largest absolute Gasteiger partial charge is 0.493 e. The van der Waals surface area contributed by atoms with E-state index in [2.05, 4.69) is 29.6 Å². The Morgan fingerprint density at radius 2 is 1.97 bits per heavy atom. The van der Waals surface area contributed by atoms with E-state index in [9.17, 15) is 4.79 Å². The molecule has 0 bridgehead atoms. The number of hydrogen-bond acceptors (Lipinski definition) is 8. The maximum absolute atomic E-state index is 11.9. The van der Waals surface area contributed by atoms with Gasteiger partial charge in [-0.15, -0.1) is 5.10 Å². The fourth-order valence-electron chi connectivity index (χ4n) is 3.43. The van der Waals surface area contributed by atoms with Crippen LogP contribution in [0, 0.1) is 11.3 Å². The minimum atomic E-state index is -0.214. The first-order chi connectivity index (χ1) is 17.1. The highest BCUT2D eigenvalue weighted by Crippen LogP contribution is 2.34. The van der Waals surface area contributed by atoms with Gasteiger partial charge in [0.1, 0.15) is 0 Å². The molecule has 1 heterocycles. The normalized spacial score (nSPS) is 11.0. The Kier molecular flexibility index (Phi) is 8.76. The third kappa shape index (κ3) is 6.45. The van der Waals surface area contributed by atoms with Crippen LogP contribution in [0.2, 0.25) is 5.02 Å². The lowest BCUT2D eigenvalue weighted by Gasteiger charge is -2.13. The number of nitrogens with two attached hydrogens (primary N) is 1. The molecule has 0 fully saturated rings. The van der Waals surface area contributed by atoms with E-state index in [-0.39, 0.29) is 18.6 Å². The Balaban J connectivity index is 1.91. The Hall–Kier alpha value is -3.79. The van der Waals surface area contributed by atoms with Gasteiger partial charge in [0, 0.05) is 35.6 Å². The van der Waals surface area contributed by atoms with E-state index in [1.54, 1.807) is 35.0 Å². The van der Waals surface area contributed by atoms with Crippen LogP contribution in [0.15, 0.2) is 30.3 Å². The summed E-state index contributed by atoms with van der Waals surface area (Å²) in [6, 6.07) is 8.74. The van der Waals surface area contributed by atoms with Crippen molar-refractivity contribution in [2.45, 2.75) is 40.3 Å². The highest BCUT2D eigenvalue weighted by Gasteiger charge is 2.18. The number of rotatable bonds is 11. The topological polar surface area (TPSA) is 140 Å². The molecule has 0 aliphatic rings. The number of methoxy groups -OCH3 is 1. The van der Waals surface area contributed by atoms with Gasteiger partial charge >= 0.3 is 0 Å². The predicted molar refractivity (Wildman–Crippen MR) is 143 cm³/mol. The maximum Gasteiger partial charge on any atom is 0.258 e. The summed E-state index contributed by atoms with van der Waals surface area (Å²) < 4.78 is 12.9. The lowest BCUT2D eigenvalue weighted by atomic mass is 10.1. The van der Waals surface area contributed by atoms with Crippen LogP contribution in [0.5, 0.6) is 11.5 Å². The molecule has 0 unspecified atom stereocenters. The number of nitrogens with zero attached hydrogens (tertiary/aromatic N) is 3. The van der Waals surface area contributed by atoms with Gasteiger partial charge in [0.05, 0.1) is 17.8 Å². The number of benzene rings is 2. The van der Waals surface area contributed by atoms with Crippen molar-refractivity contribution in [1.29, 1.82) is 5.41 Å². The Labute approximate surface area is 215 Å². The lowest BCUT2D eigenvalue weighted by molar-refractivity contribution is -0.123. The van der Waals surface area contributed by atoms with Gasteiger partial charge in [-0.05, 0) is 50.1 Å². The molecule has 1 amide bonds. The summed E-state index contributed by atoms with van der Waals surface area (Å²) in [7, 11) is 1.53. The van der Waals surface area contributed by atoms with Gasteiger partial charge in [-0.3, -0.25) is 4.79 Å². The average Bonchev–Trinajstić information content (AvgIpc) is 3.20. The third-order valence-corrected chi connectivity index (χ3v) is 5.45. The molecule has 5 N–H and O–H groups in total. The van der Waals surface area contributed by atoms with Crippen molar-refractivity contribution in [2.24, 2.45) is 5.92 Å². The van der Waals surface area contributed by atoms with Crippen LogP contribution in [-0.2, 0) is 11.3 Å². The minimum Gasteiger partial charge on any atom is -0.493 e. The summed E-state index contributed by atoms with van der Waals surface area (Å²) in [6.07, 6.45) is 1.12. The zero-order valence-electron chi connectivity index (χ0n) is 21.1. The van der Waals surface area contributed by atoms with E-state index < -0.39 is 0 Å². The van der Waals surface area contributed by atoms with Crippen LogP contribution < -0.4 is 25.8 Å². The van der Waals surface area contributed by atoms with Crippen LogP contribution in [0.3, 0.4) is 0 Å². The van der Waals surface area contributed by atoms with E-state index >= 15 is 0 Å². The molecular formula is C25H32ClN7O3. The second-order valence-electron chi connectivity index (χ2n) is 8.91.